The van der Waals surface area contributed by atoms with E-state index < -0.39 is 0 Å². The second kappa shape index (κ2) is 7.55. The van der Waals surface area contributed by atoms with E-state index in [1.807, 2.05) is 18.2 Å². The molecular formula is C22H20BrNO4S. The summed E-state index contributed by atoms with van der Waals surface area (Å²) < 4.78 is 17.5. The number of hydrogen-bond donors (Lipinski definition) is 1. The molecule has 1 N–H and O–H groups in total. The summed E-state index contributed by atoms with van der Waals surface area (Å²) in [6.07, 6.45) is 0.872. The van der Waals surface area contributed by atoms with Gasteiger partial charge in [-0.15, -0.1) is 11.3 Å². The van der Waals surface area contributed by atoms with Crippen molar-refractivity contribution in [2.45, 2.75) is 19.0 Å². The Kier molecular flexibility index (Phi) is 4.89. The third-order valence-electron chi connectivity index (χ3n) is 5.50. The fraction of sp³-hybridized carbons (Fsp3) is 0.273. The summed E-state index contributed by atoms with van der Waals surface area (Å²) in [5.74, 6) is 2.28. The molecule has 2 aromatic carbocycles. The quantitative estimate of drug-likeness (QED) is 0.570. The molecule has 2 aliphatic rings. The first kappa shape index (κ1) is 18.8. The summed E-state index contributed by atoms with van der Waals surface area (Å²) in [6, 6.07) is 12.2. The Bertz CT molecular complexity index is 1050. The van der Waals surface area contributed by atoms with Crippen molar-refractivity contribution in [3.63, 3.8) is 0 Å². The van der Waals surface area contributed by atoms with E-state index in [4.69, 9.17) is 14.2 Å². The highest BCUT2D eigenvalue weighted by molar-refractivity contribution is 9.10. The summed E-state index contributed by atoms with van der Waals surface area (Å²) >= 11 is 5.44. The molecule has 0 amide bonds. The van der Waals surface area contributed by atoms with E-state index in [1.54, 1.807) is 18.4 Å². The molecular weight excluding hydrogens is 454 g/mol. The second-order valence-electron chi connectivity index (χ2n) is 7.16. The van der Waals surface area contributed by atoms with Crippen LogP contribution in [0, 0.1) is 0 Å². The molecule has 3 heterocycles. The summed E-state index contributed by atoms with van der Waals surface area (Å²) in [5.41, 5.74) is 3.51. The molecule has 0 spiro atoms. The standard InChI is InChI=1S/C22H20BrNO4S/c1-26-18-9-15-13(7-17(18)25)4-5-24(22(15)21-3-2-6-29-21)11-14-8-19-20(10-16(14)23)28-12-27-19/h2-3,6-10,22,25H,4-5,11-12H2,1H3. The fourth-order valence-electron chi connectivity index (χ4n) is 4.10. The minimum absolute atomic E-state index is 0.102. The lowest BCUT2D eigenvalue weighted by Crippen LogP contribution is -2.35. The van der Waals surface area contributed by atoms with E-state index in [9.17, 15) is 5.11 Å². The van der Waals surface area contributed by atoms with Gasteiger partial charge in [0.2, 0.25) is 6.79 Å². The molecule has 0 bridgehead atoms. The smallest absolute Gasteiger partial charge is 0.231 e. The van der Waals surface area contributed by atoms with Crippen molar-refractivity contribution in [3.05, 3.63) is 67.8 Å². The van der Waals surface area contributed by atoms with Crippen molar-refractivity contribution in [1.82, 2.24) is 4.90 Å². The van der Waals surface area contributed by atoms with Gasteiger partial charge in [0.05, 0.1) is 13.2 Å². The monoisotopic (exact) mass is 473 g/mol. The summed E-state index contributed by atoms with van der Waals surface area (Å²) in [4.78, 5) is 3.74. The number of phenols is 1. The maximum atomic E-state index is 10.2. The highest BCUT2D eigenvalue weighted by Gasteiger charge is 2.31. The minimum atomic E-state index is 0.102. The average molecular weight is 474 g/mol. The Balaban J connectivity index is 1.55. The molecule has 3 aromatic rings. The van der Waals surface area contributed by atoms with Gasteiger partial charge in [0.25, 0.3) is 0 Å². The lowest BCUT2D eigenvalue weighted by molar-refractivity contribution is 0.173. The van der Waals surface area contributed by atoms with Crippen LogP contribution in [0.25, 0.3) is 0 Å². The van der Waals surface area contributed by atoms with Crippen LogP contribution in [0.5, 0.6) is 23.0 Å². The lowest BCUT2D eigenvalue weighted by atomic mass is 9.90. The number of hydrogen-bond acceptors (Lipinski definition) is 6. The minimum Gasteiger partial charge on any atom is -0.504 e. The number of nitrogens with zero attached hydrogens (tertiary/aromatic N) is 1. The Morgan fingerprint density at radius 2 is 2.07 bits per heavy atom. The first-order valence-corrected chi connectivity index (χ1v) is 11.1. The van der Waals surface area contributed by atoms with Crippen LogP contribution < -0.4 is 14.2 Å². The Morgan fingerprint density at radius 1 is 1.24 bits per heavy atom. The van der Waals surface area contributed by atoms with Gasteiger partial charge in [-0.25, -0.2) is 0 Å². The van der Waals surface area contributed by atoms with Crippen molar-refractivity contribution in [2.75, 3.05) is 20.4 Å². The highest BCUT2D eigenvalue weighted by atomic mass is 79.9. The Hall–Kier alpha value is -2.22. The molecule has 0 fully saturated rings. The highest BCUT2D eigenvalue weighted by Crippen LogP contribution is 2.44. The number of methoxy groups -OCH3 is 1. The molecule has 1 aromatic heterocycles. The molecule has 29 heavy (non-hydrogen) atoms. The van der Waals surface area contributed by atoms with E-state index >= 15 is 0 Å². The van der Waals surface area contributed by atoms with Gasteiger partial charge < -0.3 is 19.3 Å². The molecule has 0 aliphatic carbocycles. The molecule has 0 saturated carbocycles. The Morgan fingerprint density at radius 3 is 2.83 bits per heavy atom. The second-order valence-corrected chi connectivity index (χ2v) is 8.99. The van der Waals surface area contributed by atoms with E-state index in [0.717, 1.165) is 41.0 Å². The number of fused-ring (bicyclic) bond motifs is 2. The number of halogens is 1. The first-order chi connectivity index (χ1) is 14.1. The molecule has 5 rings (SSSR count). The number of aromatic hydroxyl groups is 1. The zero-order valence-corrected chi connectivity index (χ0v) is 18.3. The molecule has 1 atom stereocenters. The fourth-order valence-corrected chi connectivity index (χ4v) is 5.43. The predicted molar refractivity (Wildman–Crippen MR) is 115 cm³/mol. The zero-order chi connectivity index (χ0) is 20.0. The normalized spacial score (nSPS) is 17.9. The van der Waals surface area contributed by atoms with Gasteiger partial charge in [-0.3, -0.25) is 4.90 Å². The maximum absolute atomic E-state index is 10.2. The molecule has 0 saturated heterocycles. The predicted octanol–water partition coefficient (Wildman–Crippen LogP) is 5.10. The number of phenolic OH excluding ortho intramolecular Hbond substituents is 1. The molecule has 0 radical (unpaired) electrons. The van der Waals surface area contributed by atoms with Crippen LogP contribution in [-0.2, 0) is 13.0 Å². The van der Waals surface area contributed by atoms with Crippen molar-refractivity contribution in [2.24, 2.45) is 0 Å². The molecule has 150 valence electrons. The van der Waals surface area contributed by atoms with E-state index in [1.165, 1.54) is 16.0 Å². The van der Waals surface area contributed by atoms with Crippen molar-refractivity contribution >= 4 is 27.3 Å². The number of thiophene rings is 1. The lowest BCUT2D eigenvalue weighted by Gasteiger charge is -2.37. The van der Waals surface area contributed by atoms with Crippen LogP contribution in [0.2, 0.25) is 0 Å². The van der Waals surface area contributed by atoms with E-state index in [2.05, 4.69) is 44.4 Å². The van der Waals surface area contributed by atoms with Crippen LogP contribution in [0.1, 0.15) is 27.6 Å². The average Bonchev–Trinajstić information content (AvgIpc) is 3.39. The molecule has 7 heteroatoms. The molecule has 1 unspecified atom stereocenters. The van der Waals surface area contributed by atoms with Crippen molar-refractivity contribution in [3.8, 4) is 23.0 Å². The third kappa shape index (κ3) is 3.37. The van der Waals surface area contributed by atoms with E-state index in [0.29, 0.717) is 5.75 Å². The third-order valence-corrected chi connectivity index (χ3v) is 7.16. The van der Waals surface area contributed by atoms with Gasteiger partial charge >= 0.3 is 0 Å². The van der Waals surface area contributed by atoms with E-state index in [-0.39, 0.29) is 18.6 Å². The largest absolute Gasteiger partial charge is 0.504 e. The van der Waals surface area contributed by atoms with Crippen molar-refractivity contribution < 1.29 is 19.3 Å². The Labute approximate surface area is 181 Å². The zero-order valence-electron chi connectivity index (χ0n) is 15.9. The summed E-state index contributed by atoms with van der Waals surface area (Å²) in [7, 11) is 1.59. The SMILES string of the molecule is COc1cc2c(cc1O)CCN(Cc1cc3c(cc1Br)OCO3)C2c1cccs1. The van der Waals surface area contributed by atoms with Crippen LogP contribution in [0.3, 0.4) is 0 Å². The number of ether oxygens (including phenoxy) is 3. The molecule has 2 aliphatic heterocycles. The first-order valence-electron chi connectivity index (χ1n) is 9.39. The van der Waals surface area contributed by atoms with Gasteiger partial charge in [-0.1, -0.05) is 22.0 Å². The topological polar surface area (TPSA) is 51.2 Å². The number of benzene rings is 2. The van der Waals surface area contributed by atoms with Crippen LogP contribution in [0.15, 0.2) is 46.3 Å². The van der Waals surface area contributed by atoms with Gasteiger partial charge in [-0.2, -0.15) is 0 Å². The van der Waals surface area contributed by atoms with Gasteiger partial charge in [0.1, 0.15) is 0 Å². The van der Waals surface area contributed by atoms with Crippen LogP contribution >= 0.6 is 27.3 Å². The number of rotatable bonds is 4. The summed E-state index contributed by atoms with van der Waals surface area (Å²) in [6.45, 7) is 1.92. The van der Waals surface area contributed by atoms with Gasteiger partial charge in [0.15, 0.2) is 23.0 Å². The van der Waals surface area contributed by atoms with Crippen LogP contribution in [-0.4, -0.2) is 30.5 Å². The summed E-state index contributed by atoms with van der Waals surface area (Å²) in [5, 5.41) is 12.3. The van der Waals surface area contributed by atoms with Crippen LogP contribution in [0.4, 0.5) is 0 Å². The maximum Gasteiger partial charge on any atom is 0.231 e. The van der Waals surface area contributed by atoms with Gasteiger partial charge in [0, 0.05) is 22.4 Å². The van der Waals surface area contributed by atoms with Gasteiger partial charge in [-0.05, 0) is 58.8 Å². The molecule has 5 nitrogen and oxygen atoms in total. The van der Waals surface area contributed by atoms with Crippen molar-refractivity contribution in [1.29, 1.82) is 0 Å².